The van der Waals surface area contributed by atoms with E-state index in [1.165, 1.54) is 154 Å². The minimum atomic E-state index is 1.03. The summed E-state index contributed by atoms with van der Waals surface area (Å²) in [5.41, 5.74) is 0. The van der Waals surface area contributed by atoms with Gasteiger partial charge in [0.1, 0.15) is 0 Å². The molecule has 0 aromatic heterocycles. The second-order valence-electron chi connectivity index (χ2n) is 9.94. The Morgan fingerprint density at radius 1 is 0.367 bits per heavy atom. The molecule has 0 nitrogen and oxygen atoms in total. The molecule has 0 aromatic rings. The molecule has 0 spiro atoms. The van der Waals surface area contributed by atoms with Crippen LogP contribution < -0.4 is 0 Å². The van der Waals surface area contributed by atoms with Crippen LogP contribution in [0.25, 0.3) is 0 Å². The van der Waals surface area contributed by atoms with E-state index in [0.717, 1.165) is 5.92 Å². The van der Waals surface area contributed by atoms with Gasteiger partial charge >= 0.3 is 0 Å². The summed E-state index contributed by atoms with van der Waals surface area (Å²) in [4.78, 5) is 0. The highest BCUT2D eigenvalue weighted by molar-refractivity contribution is 4.81. The van der Waals surface area contributed by atoms with Crippen molar-refractivity contribution in [3.63, 3.8) is 0 Å². The zero-order chi connectivity index (χ0) is 22.0. The lowest BCUT2D eigenvalue weighted by Gasteiger charge is -2.16. The molecule has 0 heteroatoms. The highest BCUT2D eigenvalue weighted by atomic mass is 14.1. The Balaban J connectivity index is 3.44. The van der Waals surface area contributed by atoms with E-state index in [0.29, 0.717) is 0 Å². The van der Waals surface area contributed by atoms with Gasteiger partial charge in [-0.1, -0.05) is 161 Å². The van der Waals surface area contributed by atoms with E-state index in [-0.39, 0.29) is 0 Å². The summed E-state index contributed by atoms with van der Waals surface area (Å²) in [7, 11) is 0. The van der Waals surface area contributed by atoms with E-state index in [1.807, 2.05) is 0 Å². The van der Waals surface area contributed by atoms with Crippen molar-refractivity contribution in [2.45, 2.75) is 175 Å². The Morgan fingerprint density at radius 2 is 0.700 bits per heavy atom. The highest BCUT2D eigenvalue weighted by Crippen LogP contribution is 2.24. The van der Waals surface area contributed by atoms with Crippen LogP contribution in [0.1, 0.15) is 175 Å². The van der Waals surface area contributed by atoms with Gasteiger partial charge in [-0.05, 0) is 31.6 Å². The molecule has 0 fully saturated rings. The van der Waals surface area contributed by atoms with E-state index >= 15 is 0 Å². The van der Waals surface area contributed by atoms with Crippen molar-refractivity contribution in [2.75, 3.05) is 0 Å². The SMILES string of the molecule is CCCCCC/C=C/CCCCCCCCCCC(CCCC)CCCCCCC. The lowest BCUT2D eigenvalue weighted by atomic mass is 9.90. The van der Waals surface area contributed by atoms with E-state index < -0.39 is 0 Å². The van der Waals surface area contributed by atoms with Crippen molar-refractivity contribution in [2.24, 2.45) is 5.92 Å². The van der Waals surface area contributed by atoms with Crippen molar-refractivity contribution < 1.29 is 0 Å². The van der Waals surface area contributed by atoms with Crippen LogP contribution in [0.5, 0.6) is 0 Å². The zero-order valence-electron chi connectivity index (χ0n) is 21.7. The van der Waals surface area contributed by atoms with Gasteiger partial charge in [0, 0.05) is 0 Å². The molecule has 0 rings (SSSR count). The predicted molar refractivity (Wildman–Crippen MR) is 140 cm³/mol. The molecule has 0 amide bonds. The van der Waals surface area contributed by atoms with Crippen molar-refractivity contribution in [3.8, 4) is 0 Å². The lowest BCUT2D eigenvalue weighted by Crippen LogP contribution is -2.01. The molecule has 0 heterocycles. The average molecular weight is 421 g/mol. The Labute approximate surface area is 193 Å². The maximum atomic E-state index is 2.44. The molecular formula is C30H60. The Bertz CT molecular complexity index is 316. The normalized spacial score (nSPS) is 12.8. The third-order valence-electron chi connectivity index (χ3n) is 6.81. The molecule has 30 heavy (non-hydrogen) atoms. The summed E-state index contributed by atoms with van der Waals surface area (Å²) in [5.74, 6) is 1.03. The van der Waals surface area contributed by atoms with E-state index in [9.17, 15) is 0 Å². The predicted octanol–water partition coefficient (Wildman–Crippen LogP) is 11.6. The van der Waals surface area contributed by atoms with Gasteiger partial charge in [-0.25, -0.2) is 0 Å². The zero-order valence-corrected chi connectivity index (χ0v) is 21.7. The second kappa shape index (κ2) is 26.8. The van der Waals surface area contributed by atoms with Gasteiger partial charge in [0.05, 0.1) is 0 Å². The van der Waals surface area contributed by atoms with Gasteiger partial charge in [0.25, 0.3) is 0 Å². The van der Waals surface area contributed by atoms with Crippen LogP contribution in [0.15, 0.2) is 12.2 Å². The largest absolute Gasteiger partial charge is 0.0885 e. The van der Waals surface area contributed by atoms with Crippen LogP contribution in [0.4, 0.5) is 0 Å². The van der Waals surface area contributed by atoms with Crippen molar-refractivity contribution in [3.05, 3.63) is 12.2 Å². The number of allylic oxidation sites excluding steroid dienone is 2. The minimum absolute atomic E-state index is 1.03. The molecule has 1 unspecified atom stereocenters. The number of rotatable bonds is 25. The highest BCUT2D eigenvalue weighted by Gasteiger charge is 2.08. The van der Waals surface area contributed by atoms with Gasteiger partial charge in [-0.2, -0.15) is 0 Å². The van der Waals surface area contributed by atoms with Gasteiger partial charge in [-0.3, -0.25) is 0 Å². The smallest absolute Gasteiger partial charge is 0.0351 e. The monoisotopic (exact) mass is 420 g/mol. The topological polar surface area (TPSA) is 0 Å². The van der Waals surface area contributed by atoms with E-state index in [4.69, 9.17) is 0 Å². The molecular weight excluding hydrogens is 360 g/mol. The second-order valence-corrected chi connectivity index (χ2v) is 9.94. The number of hydrogen-bond acceptors (Lipinski definition) is 0. The number of hydrogen-bond donors (Lipinski definition) is 0. The fourth-order valence-electron chi connectivity index (χ4n) is 4.64. The van der Waals surface area contributed by atoms with Crippen LogP contribution >= 0.6 is 0 Å². The maximum Gasteiger partial charge on any atom is -0.0351 e. The summed E-state index contributed by atoms with van der Waals surface area (Å²) < 4.78 is 0. The van der Waals surface area contributed by atoms with Crippen LogP contribution in [-0.4, -0.2) is 0 Å². The molecule has 0 aliphatic rings. The third-order valence-corrected chi connectivity index (χ3v) is 6.81. The quantitative estimate of drug-likeness (QED) is 0.102. The fourth-order valence-corrected chi connectivity index (χ4v) is 4.64. The molecule has 0 N–H and O–H groups in total. The van der Waals surface area contributed by atoms with Gasteiger partial charge in [0.2, 0.25) is 0 Å². The molecule has 0 aliphatic carbocycles. The molecule has 0 aliphatic heterocycles. The first-order chi connectivity index (χ1) is 14.8. The fraction of sp³-hybridized carbons (Fsp3) is 0.933. The van der Waals surface area contributed by atoms with Crippen molar-refractivity contribution in [1.82, 2.24) is 0 Å². The van der Waals surface area contributed by atoms with E-state index in [1.54, 1.807) is 0 Å². The van der Waals surface area contributed by atoms with Gasteiger partial charge < -0.3 is 0 Å². The number of unbranched alkanes of at least 4 members (excludes halogenated alkanes) is 17. The molecule has 0 aromatic carbocycles. The van der Waals surface area contributed by atoms with Gasteiger partial charge in [0.15, 0.2) is 0 Å². The standard InChI is InChI=1S/C30H60/c1-4-7-10-12-13-14-15-16-17-18-19-20-21-22-24-26-29-30(27-9-6-3)28-25-23-11-8-5-2/h14-15,30H,4-13,16-29H2,1-3H3/b15-14+. The molecule has 0 bridgehead atoms. The van der Waals surface area contributed by atoms with Crippen LogP contribution in [-0.2, 0) is 0 Å². The first-order valence-electron chi connectivity index (χ1n) is 14.5. The van der Waals surface area contributed by atoms with Crippen LogP contribution in [0.2, 0.25) is 0 Å². The van der Waals surface area contributed by atoms with Gasteiger partial charge in [-0.15, -0.1) is 0 Å². The Kier molecular flexibility index (Phi) is 26.5. The Hall–Kier alpha value is -0.260. The summed E-state index contributed by atoms with van der Waals surface area (Å²) in [6, 6.07) is 0. The first kappa shape index (κ1) is 29.7. The molecule has 1 atom stereocenters. The third kappa shape index (κ3) is 24.0. The Morgan fingerprint density at radius 3 is 1.17 bits per heavy atom. The minimum Gasteiger partial charge on any atom is -0.0885 e. The molecule has 0 radical (unpaired) electrons. The lowest BCUT2D eigenvalue weighted by molar-refractivity contribution is 0.371. The van der Waals surface area contributed by atoms with Crippen LogP contribution in [0, 0.1) is 5.92 Å². The summed E-state index contributed by atoms with van der Waals surface area (Å²) in [6.07, 6.45) is 39.3. The molecule has 0 saturated carbocycles. The van der Waals surface area contributed by atoms with Crippen LogP contribution in [0.3, 0.4) is 0 Å². The summed E-state index contributed by atoms with van der Waals surface area (Å²) in [5, 5.41) is 0. The maximum absolute atomic E-state index is 2.44. The van der Waals surface area contributed by atoms with E-state index in [2.05, 4.69) is 32.9 Å². The first-order valence-corrected chi connectivity index (χ1v) is 14.5. The average Bonchev–Trinajstić information content (AvgIpc) is 2.76. The molecule has 180 valence electrons. The summed E-state index contributed by atoms with van der Waals surface area (Å²) in [6.45, 7) is 6.96. The summed E-state index contributed by atoms with van der Waals surface area (Å²) >= 11 is 0. The van der Waals surface area contributed by atoms with Crippen molar-refractivity contribution >= 4 is 0 Å². The molecule has 0 saturated heterocycles. The van der Waals surface area contributed by atoms with Crippen molar-refractivity contribution in [1.29, 1.82) is 0 Å².